The van der Waals surface area contributed by atoms with E-state index in [4.69, 9.17) is 0 Å². The molecular weight excluding hydrogens is 320 g/mol. The lowest BCUT2D eigenvalue weighted by Crippen LogP contribution is -2.24. The fourth-order valence-electron chi connectivity index (χ4n) is 2.29. The number of rotatable bonds is 6. The summed E-state index contributed by atoms with van der Waals surface area (Å²) in [4.78, 5) is 4.72. The maximum absolute atomic E-state index is 12.5. The third-order valence-corrected chi connectivity index (χ3v) is 6.24. The van der Waals surface area contributed by atoms with Crippen molar-refractivity contribution in [2.75, 3.05) is 0 Å². The van der Waals surface area contributed by atoms with Gasteiger partial charge in [-0.05, 0) is 20.8 Å². The lowest BCUT2D eigenvalue weighted by atomic mass is 10.2. The van der Waals surface area contributed by atoms with Crippen LogP contribution in [0.5, 0.6) is 0 Å². The van der Waals surface area contributed by atoms with Crippen LogP contribution in [0.3, 0.4) is 0 Å². The largest absolute Gasteiger partial charge is 0.268 e. The van der Waals surface area contributed by atoms with Gasteiger partial charge in [0.15, 0.2) is 0 Å². The van der Waals surface area contributed by atoms with E-state index in [-0.39, 0.29) is 11.4 Å². The molecule has 0 spiro atoms. The summed E-state index contributed by atoms with van der Waals surface area (Å²) in [6.07, 6.45) is 0. The molecule has 0 aliphatic carbocycles. The van der Waals surface area contributed by atoms with Crippen molar-refractivity contribution in [1.29, 1.82) is 0 Å². The average molecular weight is 342 g/mol. The van der Waals surface area contributed by atoms with Gasteiger partial charge in [-0.1, -0.05) is 13.8 Å². The van der Waals surface area contributed by atoms with Gasteiger partial charge in [0, 0.05) is 17.8 Å². The number of aryl methyl sites for hydroxylation is 2. The van der Waals surface area contributed by atoms with Crippen LogP contribution in [0.4, 0.5) is 0 Å². The van der Waals surface area contributed by atoms with Gasteiger partial charge in [0.05, 0.1) is 28.6 Å². The number of nitrogens with one attached hydrogen (secondary N) is 1. The van der Waals surface area contributed by atoms with E-state index in [1.165, 1.54) is 0 Å². The summed E-state index contributed by atoms with van der Waals surface area (Å²) in [5, 5.41) is 7.17. The van der Waals surface area contributed by atoms with Gasteiger partial charge in [-0.3, -0.25) is 4.68 Å². The molecule has 8 heteroatoms. The number of thiazole rings is 1. The molecule has 6 nitrogen and oxygen atoms in total. The van der Waals surface area contributed by atoms with E-state index in [1.54, 1.807) is 29.9 Å². The van der Waals surface area contributed by atoms with Crippen LogP contribution in [-0.4, -0.2) is 23.2 Å². The molecule has 0 saturated carbocycles. The van der Waals surface area contributed by atoms with Crippen molar-refractivity contribution in [3.63, 3.8) is 0 Å². The van der Waals surface area contributed by atoms with Crippen molar-refractivity contribution in [2.45, 2.75) is 58.5 Å². The number of aromatic nitrogens is 3. The van der Waals surface area contributed by atoms with E-state index in [9.17, 15) is 8.42 Å². The Morgan fingerprint density at radius 1 is 1.36 bits per heavy atom. The summed E-state index contributed by atoms with van der Waals surface area (Å²) < 4.78 is 29.4. The highest BCUT2D eigenvalue weighted by Crippen LogP contribution is 2.21. The maximum atomic E-state index is 12.5. The summed E-state index contributed by atoms with van der Waals surface area (Å²) in [7, 11) is -3.59. The third kappa shape index (κ3) is 3.39. The first-order chi connectivity index (χ1) is 10.3. The molecule has 1 N–H and O–H groups in total. The molecular formula is C14H22N4O2S2. The second kappa shape index (κ2) is 6.47. The summed E-state index contributed by atoms with van der Waals surface area (Å²) in [6, 6.07) is 0. The monoisotopic (exact) mass is 342 g/mol. The van der Waals surface area contributed by atoms with E-state index in [0.29, 0.717) is 23.9 Å². The van der Waals surface area contributed by atoms with Crippen molar-refractivity contribution in [1.82, 2.24) is 19.5 Å². The second-order valence-corrected chi connectivity index (χ2v) is 8.07. The first-order valence-corrected chi connectivity index (χ1v) is 9.60. The lowest BCUT2D eigenvalue weighted by molar-refractivity contribution is 0.578. The first-order valence-electron chi connectivity index (χ1n) is 7.24. The van der Waals surface area contributed by atoms with E-state index in [1.807, 2.05) is 12.3 Å². The minimum absolute atomic E-state index is 0.196. The normalized spacial score (nSPS) is 12.3. The van der Waals surface area contributed by atoms with Gasteiger partial charge >= 0.3 is 0 Å². The van der Waals surface area contributed by atoms with Crippen molar-refractivity contribution < 1.29 is 8.42 Å². The highest BCUT2D eigenvalue weighted by atomic mass is 32.2. The minimum atomic E-state index is -3.59. The van der Waals surface area contributed by atoms with Crippen molar-refractivity contribution in [3.8, 4) is 0 Å². The highest BCUT2D eigenvalue weighted by molar-refractivity contribution is 7.89. The van der Waals surface area contributed by atoms with Gasteiger partial charge in [0.1, 0.15) is 4.90 Å². The molecule has 2 aromatic rings. The number of hydrogen-bond donors (Lipinski definition) is 1. The van der Waals surface area contributed by atoms with Crippen molar-refractivity contribution >= 4 is 21.4 Å². The SMILES string of the molecule is CCn1nc(C)c(S(=O)(=O)NCc2csc(C(C)C)n2)c1C. The summed E-state index contributed by atoms with van der Waals surface area (Å²) in [5.41, 5.74) is 1.93. The molecule has 0 bridgehead atoms. The van der Waals surface area contributed by atoms with Crippen molar-refractivity contribution in [3.05, 3.63) is 27.5 Å². The predicted molar refractivity (Wildman–Crippen MR) is 87.6 cm³/mol. The summed E-state index contributed by atoms with van der Waals surface area (Å²) >= 11 is 1.56. The molecule has 0 aliphatic rings. The zero-order valence-corrected chi connectivity index (χ0v) is 15.2. The Labute approximate surface area is 135 Å². The molecule has 2 aromatic heterocycles. The Bertz CT molecular complexity index is 760. The third-order valence-electron chi connectivity index (χ3n) is 3.39. The quantitative estimate of drug-likeness (QED) is 0.875. The number of sulfonamides is 1. The van der Waals surface area contributed by atoms with Gasteiger partial charge in [-0.25, -0.2) is 18.1 Å². The Morgan fingerprint density at radius 3 is 2.55 bits per heavy atom. The molecule has 122 valence electrons. The molecule has 2 heterocycles. The molecule has 0 atom stereocenters. The zero-order valence-electron chi connectivity index (χ0n) is 13.5. The van der Waals surface area contributed by atoms with Crippen LogP contribution in [0.25, 0.3) is 0 Å². The van der Waals surface area contributed by atoms with E-state index < -0.39 is 10.0 Å². The highest BCUT2D eigenvalue weighted by Gasteiger charge is 2.24. The maximum Gasteiger partial charge on any atom is 0.244 e. The van der Waals surface area contributed by atoms with Crippen LogP contribution >= 0.6 is 11.3 Å². The van der Waals surface area contributed by atoms with Gasteiger partial charge in [-0.2, -0.15) is 5.10 Å². The zero-order chi connectivity index (χ0) is 16.5. The van der Waals surface area contributed by atoms with E-state index >= 15 is 0 Å². The van der Waals surface area contributed by atoms with Gasteiger partial charge in [0.2, 0.25) is 10.0 Å². The van der Waals surface area contributed by atoms with Crippen molar-refractivity contribution in [2.24, 2.45) is 0 Å². The van der Waals surface area contributed by atoms with Crippen LogP contribution in [0.2, 0.25) is 0 Å². The van der Waals surface area contributed by atoms with Crippen LogP contribution in [0.15, 0.2) is 10.3 Å². The van der Waals surface area contributed by atoms with E-state index in [0.717, 1.165) is 10.7 Å². The fourth-order valence-corrected chi connectivity index (χ4v) is 4.53. The average Bonchev–Trinajstić information content (AvgIpc) is 3.01. The smallest absolute Gasteiger partial charge is 0.244 e. The van der Waals surface area contributed by atoms with Crippen LogP contribution in [-0.2, 0) is 23.1 Å². The Kier molecular flexibility index (Phi) is 5.03. The predicted octanol–water partition coefficient (Wildman–Crippen LogP) is 2.58. The molecule has 0 aliphatic heterocycles. The summed E-state index contributed by atoms with van der Waals surface area (Å²) in [6.45, 7) is 10.4. The van der Waals surface area contributed by atoms with Gasteiger partial charge in [0.25, 0.3) is 0 Å². The Balaban J connectivity index is 2.19. The first kappa shape index (κ1) is 17.1. The van der Waals surface area contributed by atoms with Gasteiger partial charge in [-0.15, -0.1) is 11.3 Å². The second-order valence-electron chi connectivity index (χ2n) is 5.47. The van der Waals surface area contributed by atoms with Crippen LogP contribution in [0.1, 0.15) is 48.8 Å². The molecule has 2 rings (SSSR count). The lowest BCUT2D eigenvalue weighted by Gasteiger charge is -2.06. The Morgan fingerprint density at radius 2 is 2.05 bits per heavy atom. The molecule has 0 amide bonds. The van der Waals surface area contributed by atoms with Crippen LogP contribution in [0, 0.1) is 13.8 Å². The standard InChI is InChI=1S/C14H22N4O2S2/c1-6-18-11(5)13(10(4)17-18)22(19,20)15-7-12-8-21-14(16-12)9(2)3/h8-9,15H,6-7H2,1-5H3. The minimum Gasteiger partial charge on any atom is -0.268 e. The molecule has 0 aromatic carbocycles. The Hall–Kier alpha value is -1.25. The molecule has 0 fully saturated rings. The molecule has 0 unspecified atom stereocenters. The van der Waals surface area contributed by atoms with Crippen LogP contribution < -0.4 is 4.72 Å². The molecule has 0 saturated heterocycles. The number of hydrogen-bond acceptors (Lipinski definition) is 5. The topological polar surface area (TPSA) is 76.9 Å². The molecule has 0 radical (unpaired) electrons. The fraction of sp³-hybridized carbons (Fsp3) is 0.571. The number of nitrogens with zero attached hydrogens (tertiary/aromatic N) is 3. The van der Waals surface area contributed by atoms with E-state index in [2.05, 4.69) is 28.7 Å². The molecule has 22 heavy (non-hydrogen) atoms. The van der Waals surface area contributed by atoms with Gasteiger partial charge < -0.3 is 0 Å². The summed E-state index contributed by atoms with van der Waals surface area (Å²) in [5.74, 6) is 0.350.